The van der Waals surface area contributed by atoms with Crippen molar-refractivity contribution < 1.29 is 9.84 Å². The number of aliphatic hydroxyl groups is 1. The van der Waals surface area contributed by atoms with Gasteiger partial charge in [-0.1, -0.05) is 0 Å². The van der Waals surface area contributed by atoms with Gasteiger partial charge in [-0.05, 0) is 25.2 Å². The Kier molecular flexibility index (Phi) is 2.65. The van der Waals surface area contributed by atoms with Crippen molar-refractivity contribution in [3.8, 4) is 0 Å². The maximum atomic E-state index is 9.15. The summed E-state index contributed by atoms with van der Waals surface area (Å²) in [6.07, 6.45) is 4.18. The number of hydrogen-bond acceptors (Lipinski definition) is 4. The summed E-state index contributed by atoms with van der Waals surface area (Å²) in [4.78, 5) is 0. The van der Waals surface area contributed by atoms with Crippen LogP contribution in [0.2, 0.25) is 0 Å². The number of rotatable bonds is 2. The molecule has 0 spiro atoms. The summed E-state index contributed by atoms with van der Waals surface area (Å²) in [5.41, 5.74) is 0. The van der Waals surface area contributed by atoms with Gasteiger partial charge in [0.05, 0.1) is 0 Å². The molecule has 2 atom stereocenters. The Morgan fingerprint density at radius 3 is 3.06 bits per heavy atom. The Bertz CT molecular complexity index is 371. The van der Waals surface area contributed by atoms with Crippen LogP contribution in [0.5, 0.6) is 0 Å². The van der Waals surface area contributed by atoms with Gasteiger partial charge in [-0.25, -0.2) is 0 Å². The van der Waals surface area contributed by atoms with E-state index in [-0.39, 0.29) is 12.7 Å². The number of fused-ring (bicyclic) bond motifs is 1. The molecule has 3 heterocycles. The molecule has 1 aromatic rings. The van der Waals surface area contributed by atoms with Crippen molar-refractivity contribution in [2.45, 2.75) is 38.3 Å². The third-order valence-electron chi connectivity index (χ3n) is 3.56. The highest BCUT2D eigenvalue weighted by molar-refractivity contribution is 5.04. The van der Waals surface area contributed by atoms with Crippen LogP contribution in [0.25, 0.3) is 0 Å². The van der Waals surface area contributed by atoms with Gasteiger partial charge in [-0.3, -0.25) is 0 Å². The summed E-state index contributed by atoms with van der Waals surface area (Å²) < 4.78 is 7.83. The Hall–Kier alpha value is -0.940. The maximum Gasteiger partial charge on any atom is 0.162 e. The molecule has 2 unspecified atom stereocenters. The first-order chi connectivity index (χ1) is 7.88. The average Bonchev–Trinajstić information content (AvgIpc) is 2.96. The molecule has 0 radical (unpaired) electrons. The lowest BCUT2D eigenvalue weighted by Crippen LogP contribution is -2.23. The summed E-state index contributed by atoms with van der Waals surface area (Å²) in [5.74, 6) is 2.36. The zero-order valence-electron chi connectivity index (χ0n) is 9.30. The van der Waals surface area contributed by atoms with Crippen molar-refractivity contribution in [3.63, 3.8) is 0 Å². The van der Waals surface area contributed by atoms with Crippen LogP contribution in [0.4, 0.5) is 0 Å². The monoisotopic (exact) mass is 223 g/mol. The van der Waals surface area contributed by atoms with E-state index in [0.29, 0.717) is 5.92 Å². The zero-order valence-corrected chi connectivity index (χ0v) is 9.30. The molecule has 0 amide bonds. The second-order valence-electron chi connectivity index (χ2n) is 4.67. The second kappa shape index (κ2) is 4.14. The predicted octanol–water partition coefficient (Wildman–Crippen LogP) is 0.684. The summed E-state index contributed by atoms with van der Waals surface area (Å²) in [6.45, 7) is 2.01. The largest absolute Gasteiger partial charge is 0.396 e. The Balaban J connectivity index is 1.84. The highest BCUT2D eigenvalue weighted by Gasteiger charge is 2.28. The Labute approximate surface area is 94.4 Å². The van der Waals surface area contributed by atoms with E-state index in [2.05, 4.69) is 14.8 Å². The summed E-state index contributed by atoms with van der Waals surface area (Å²) >= 11 is 0. The number of ether oxygens (including phenoxy) is 1. The molecule has 5 nitrogen and oxygen atoms in total. The minimum atomic E-state index is 0.145. The topological polar surface area (TPSA) is 60.2 Å². The van der Waals surface area contributed by atoms with E-state index in [1.54, 1.807) is 0 Å². The molecule has 1 aromatic heterocycles. The van der Waals surface area contributed by atoms with E-state index >= 15 is 0 Å². The van der Waals surface area contributed by atoms with E-state index in [9.17, 15) is 0 Å². The standard InChI is InChI=1S/C11H17N3O2/c15-7-8-3-4-14-10(6-8)12-13-11(14)9-2-1-5-16-9/h8-9,15H,1-7H2. The smallest absolute Gasteiger partial charge is 0.162 e. The van der Waals surface area contributed by atoms with Crippen molar-refractivity contribution >= 4 is 0 Å². The van der Waals surface area contributed by atoms with Gasteiger partial charge in [0.15, 0.2) is 5.82 Å². The van der Waals surface area contributed by atoms with Crippen LogP contribution >= 0.6 is 0 Å². The van der Waals surface area contributed by atoms with Crippen LogP contribution in [0.1, 0.15) is 37.0 Å². The first-order valence-corrected chi connectivity index (χ1v) is 6.03. The highest BCUT2D eigenvalue weighted by Crippen LogP contribution is 2.30. The number of aliphatic hydroxyl groups excluding tert-OH is 1. The zero-order chi connectivity index (χ0) is 11.0. The van der Waals surface area contributed by atoms with Crippen LogP contribution in [-0.4, -0.2) is 33.1 Å². The molecule has 2 aliphatic rings. The van der Waals surface area contributed by atoms with E-state index in [1.807, 2.05) is 0 Å². The fourth-order valence-corrected chi connectivity index (χ4v) is 2.59. The fraction of sp³-hybridized carbons (Fsp3) is 0.818. The molecule has 2 aliphatic heterocycles. The van der Waals surface area contributed by atoms with Gasteiger partial charge in [0.1, 0.15) is 11.9 Å². The molecule has 1 N–H and O–H groups in total. The van der Waals surface area contributed by atoms with Gasteiger partial charge in [0, 0.05) is 26.2 Å². The maximum absolute atomic E-state index is 9.15. The normalized spacial score (nSPS) is 29.3. The van der Waals surface area contributed by atoms with Gasteiger partial charge in [0.2, 0.25) is 0 Å². The van der Waals surface area contributed by atoms with Crippen molar-refractivity contribution in [3.05, 3.63) is 11.6 Å². The van der Waals surface area contributed by atoms with Crippen molar-refractivity contribution in [2.24, 2.45) is 5.92 Å². The molecule has 0 aromatic carbocycles. The highest BCUT2D eigenvalue weighted by atomic mass is 16.5. The van der Waals surface area contributed by atoms with E-state index in [4.69, 9.17) is 9.84 Å². The minimum Gasteiger partial charge on any atom is -0.396 e. The van der Waals surface area contributed by atoms with Crippen molar-refractivity contribution in [2.75, 3.05) is 13.2 Å². The number of nitrogens with zero attached hydrogens (tertiary/aromatic N) is 3. The molecule has 5 heteroatoms. The molecule has 0 bridgehead atoms. The summed E-state index contributed by atoms with van der Waals surface area (Å²) in [7, 11) is 0. The summed E-state index contributed by atoms with van der Waals surface area (Å²) in [6, 6.07) is 0. The molecule has 1 fully saturated rings. The van der Waals surface area contributed by atoms with Crippen LogP contribution in [0.3, 0.4) is 0 Å². The molecule has 3 rings (SSSR count). The van der Waals surface area contributed by atoms with E-state index in [0.717, 1.165) is 50.5 Å². The fourth-order valence-electron chi connectivity index (χ4n) is 2.59. The predicted molar refractivity (Wildman–Crippen MR) is 56.8 cm³/mol. The molecule has 1 saturated heterocycles. The van der Waals surface area contributed by atoms with E-state index < -0.39 is 0 Å². The third kappa shape index (κ3) is 1.64. The first-order valence-electron chi connectivity index (χ1n) is 6.03. The third-order valence-corrected chi connectivity index (χ3v) is 3.56. The van der Waals surface area contributed by atoms with Crippen LogP contribution in [0, 0.1) is 5.92 Å². The first kappa shape index (κ1) is 10.2. The molecule has 0 saturated carbocycles. The minimum absolute atomic E-state index is 0.145. The number of hydrogen-bond donors (Lipinski definition) is 1. The average molecular weight is 223 g/mol. The Morgan fingerprint density at radius 1 is 1.38 bits per heavy atom. The molecule has 88 valence electrons. The molecule has 16 heavy (non-hydrogen) atoms. The Morgan fingerprint density at radius 2 is 2.31 bits per heavy atom. The molecular formula is C11H17N3O2. The second-order valence-corrected chi connectivity index (χ2v) is 4.67. The van der Waals surface area contributed by atoms with Crippen LogP contribution in [0.15, 0.2) is 0 Å². The van der Waals surface area contributed by atoms with Gasteiger partial charge >= 0.3 is 0 Å². The van der Waals surface area contributed by atoms with Crippen molar-refractivity contribution in [1.29, 1.82) is 0 Å². The summed E-state index contributed by atoms with van der Waals surface area (Å²) in [5, 5.41) is 17.6. The molecule has 0 aliphatic carbocycles. The van der Waals surface area contributed by atoms with Gasteiger partial charge in [0.25, 0.3) is 0 Å². The molecular weight excluding hydrogens is 206 g/mol. The number of aromatic nitrogens is 3. The lowest BCUT2D eigenvalue weighted by atomic mass is 9.99. The lowest BCUT2D eigenvalue weighted by molar-refractivity contribution is 0.0996. The van der Waals surface area contributed by atoms with Gasteiger partial charge in [-0.15, -0.1) is 10.2 Å². The van der Waals surface area contributed by atoms with E-state index in [1.165, 1.54) is 0 Å². The van der Waals surface area contributed by atoms with Crippen LogP contribution < -0.4 is 0 Å². The van der Waals surface area contributed by atoms with Gasteiger partial charge < -0.3 is 14.4 Å². The lowest BCUT2D eigenvalue weighted by Gasteiger charge is -2.22. The van der Waals surface area contributed by atoms with Crippen LogP contribution in [-0.2, 0) is 17.7 Å². The SMILES string of the molecule is OCC1CCn2c(nnc2C2CCCO2)C1. The quantitative estimate of drug-likeness (QED) is 0.801. The van der Waals surface area contributed by atoms with Gasteiger partial charge in [-0.2, -0.15) is 0 Å². The van der Waals surface area contributed by atoms with Crippen molar-refractivity contribution in [1.82, 2.24) is 14.8 Å².